The molecule has 0 spiro atoms. The van der Waals surface area contributed by atoms with Gasteiger partial charge in [-0.2, -0.15) is 0 Å². The lowest BCUT2D eigenvalue weighted by molar-refractivity contribution is -0.757. The number of esters is 2. The quantitative estimate of drug-likeness (QED) is 0.144. The van der Waals surface area contributed by atoms with Gasteiger partial charge in [-0.15, -0.1) is 10.1 Å². The molecule has 0 aromatic heterocycles. The van der Waals surface area contributed by atoms with E-state index < -0.39 is 28.5 Å². The van der Waals surface area contributed by atoms with E-state index in [1.807, 2.05) is 6.92 Å². The number of benzene rings is 1. The number of hydrogen-bond donors (Lipinski definition) is 2. The molecule has 0 radical (unpaired) electrons. The second-order valence-electron chi connectivity index (χ2n) is 7.25. The third-order valence-corrected chi connectivity index (χ3v) is 4.22. The van der Waals surface area contributed by atoms with E-state index in [4.69, 9.17) is 15.2 Å². The maximum Gasteiger partial charge on any atom is 0.323 e. The van der Waals surface area contributed by atoms with Crippen LogP contribution < -0.4 is 15.2 Å². The number of ether oxygens (including phenoxy) is 2. The highest BCUT2D eigenvalue weighted by molar-refractivity contribution is 5.79. The van der Waals surface area contributed by atoms with E-state index in [-0.39, 0.29) is 50.2 Å². The summed E-state index contributed by atoms with van der Waals surface area (Å²) in [5.74, 6) is -2.33. The van der Waals surface area contributed by atoms with E-state index in [2.05, 4.69) is 4.84 Å². The Morgan fingerprint density at radius 2 is 1.71 bits per heavy atom. The molecule has 1 aromatic carbocycles. The molecule has 0 saturated carbocycles. The van der Waals surface area contributed by atoms with Gasteiger partial charge in [0.15, 0.2) is 11.5 Å². The molecule has 1 unspecified atom stereocenters. The summed E-state index contributed by atoms with van der Waals surface area (Å²) < 4.78 is 10.6. The van der Waals surface area contributed by atoms with Gasteiger partial charge in [0.1, 0.15) is 5.54 Å². The van der Waals surface area contributed by atoms with E-state index in [9.17, 15) is 29.6 Å². The predicted molar refractivity (Wildman–Crippen MR) is 108 cm³/mol. The van der Waals surface area contributed by atoms with Crippen LogP contribution in [0.3, 0.4) is 0 Å². The average Bonchev–Trinajstić information content (AvgIpc) is 2.67. The van der Waals surface area contributed by atoms with Gasteiger partial charge in [-0.1, -0.05) is 19.4 Å². The van der Waals surface area contributed by atoms with E-state index in [1.54, 1.807) is 6.07 Å². The zero-order valence-corrected chi connectivity index (χ0v) is 17.6. The summed E-state index contributed by atoms with van der Waals surface area (Å²) in [4.78, 5) is 49.7. The van der Waals surface area contributed by atoms with E-state index >= 15 is 0 Å². The number of carboxylic acid groups (broad SMARTS) is 1. The summed E-state index contributed by atoms with van der Waals surface area (Å²) in [7, 11) is 0. The second-order valence-corrected chi connectivity index (χ2v) is 7.25. The Balaban J connectivity index is 2.90. The number of aliphatic carboxylic acids is 1. The van der Waals surface area contributed by atoms with Crippen molar-refractivity contribution in [2.75, 3.05) is 6.61 Å². The fourth-order valence-corrected chi connectivity index (χ4v) is 2.51. The van der Waals surface area contributed by atoms with Crippen LogP contribution in [-0.2, 0) is 25.6 Å². The molecule has 0 fully saturated rings. The molecule has 0 bridgehead atoms. The Morgan fingerprint density at radius 3 is 2.29 bits per heavy atom. The summed E-state index contributed by atoms with van der Waals surface area (Å²) in [6, 6.07) is 4.37. The first-order valence-corrected chi connectivity index (χ1v) is 9.89. The number of nitrogens with two attached hydrogens (primary N) is 1. The third kappa shape index (κ3) is 9.90. The largest absolute Gasteiger partial charge is 0.480 e. The Labute approximate surface area is 179 Å². The molecule has 31 heavy (non-hydrogen) atoms. The van der Waals surface area contributed by atoms with Crippen LogP contribution in [0.5, 0.6) is 11.5 Å². The first-order valence-electron chi connectivity index (χ1n) is 9.89. The summed E-state index contributed by atoms with van der Waals surface area (Å²) in [5, 5.41) is 18.4. The van der Waals surface area contributed by atoms with Crippen LogP contribution >= 0.6 is 0 Å². The molecule has 0 aliphatic rings. The maximum atomic E-state index is 12.2. The molecule has 0 heterocycles. The van der Waals surface area contributed by atoms with Gasteiger partial charge in [-0.25, -0.2) is 0 Å². The van der Waals surface area contributed by atoms with Gasteiger partial charge >= 0.3 is 17.9 Å². The van der Waals surface area contributed by atoms with Crippen molar-refractivity contribution < 1.29 is 38.9 Å². The predicted octanol–water partition coefficient (Wildman–Crippen LogP) is 2.41. The van der Waals surface area contributed by atoms with Gasteiger partial charge < -0.3 is 25.2 Å². The molecule has 1 rings (SSSR count). The second kappa shape index (κ2) is 12.5. The molecule has 11 heteroatoms. The number of carbonyl (C=O) groups is 3. The smallest absolute Gasteiger partial charge is 0.323 e. The Morgan fingerprint density at radius 1 is 1.10 bits per heavy atom. The van der Waals surface area contributed by atoms with Crippen LogP contribution in [0.1, 0.15) is 57.9 Å². The Kier molecular flexibility index (Phi) is 10.4. The molecule has 0 aliphatic heterocycles. The van der Waals surface area contributed by atoms with Crippen molar-refractivity contribution in [1.82, 2.24) is 0 Å². The van der Waals surface area contributed by atoms with Crippen molar-refractivity contribution in [3.63, 3.8) is 0 Å². The van der Waals surface area contributed by atoms with Crippen molar-refractivity contribution in [2.24, 2.45) is 5.73 Å². The van der Waals surface area contributed by atoms with E-state index in [1.165, 1.54) is 19.1 Å². The van der Waals surface area contributed by atoms with Crippen LogP contribution in [0.25, 0.3) is 0 Å². The first-order chi connectivity index (χ1) is 14.5. The lowest BCUT2D eigenvalue weighted by Gasteiger charge is -2.20. The summed E-state index contributed by atoms with van der Waals surface area (Å²) in [6.45, 7) is 3.14. The molecule has 172 valence electrons. The van der Waals surface area contributed by atoms with Gasteiger partial charge in [0.25, 0.3) is 5.09 Å². The Bertz CT molecular complexity index is 793. The number of carboxylic acids is 1. The van der Waals surface area contributed by atoms with Crippen LogP contribution in [-0.4, -0.2) is 40.2 Å². The highest BCUT2D eigenvalue weighted by Crippen LogP contribution is 2.31. The molecule has 0 aliphatic carbocycles. The van der Waals surface area contributed by atoms with Crippen LogP contribution in [0.15, 0.2) is 18.2 Å². The van der Waals surface area contributed by atoms with E-state index in [0.29, 0.717) is 12.0 Å². The SMILES string of the molecule is CCCCC(=O)Oc1ccc(CC(C)(N)C(=O)O)cc1OC(=O)CCCCO[N+](=O)[O-]. The average molecular weight is 440 g/mol. The molecule has 3 N–H and O–H groups in total. The van der Waals surface area contributed by atoms with Gasteiger partial charge in [0, 0.05) is 19.3 Å². The minimum absolute atomic E-state index is 0.0314. The van der Waals surface area contributed by atoms with Crippen molar-refractivity contribution in [3.8, 4) is 11.5 Å². The summed E-state index contributed by atoms with van der Waals surface area (Å²) in [5.41, 5.74) is 4.71. The zero-order chi connectivity index (χ0) is 23.4. The number of carbonyl (C=O) groups excluding carboxylic acids is 2. The molecular weight excluding hydrogens is 412 g/mol. The van der Waals surface area contributed by atoms with Gasteiger partial charge in [-0.3, -0.25) is 14.4 Å². The number of hydrogen-bond acceptors (Lipinski definition) is 9. The molecule has 1 atom stereocenters. The molecule has 11 nitrogen and oxygen atoms in total. The topological polar surface area (TPSA) is 168 Å². The van der Waals surface area contributed by atoms with Crippen molar-refractivity contribution in [2.45, 2.75) is 64.3 Å². The number of rotatable bonds is 14. The molecule has 0 amide bonds. The van der Waals surface area contributed by atoms with Gasteiger partial charge in [0.2, 0.25) is 0 Å². The number of nitrogens with zero attached hydrogens (tertiary/aromatic N) is 1. The standard InChI is InChI=1S/C20H28N2O9/c1-3-4-7-17(23)30-15-10-9-14(13-20(2,21)19(25)26)12-16(15)31-18(24)8-5-6-11-29-22(27)28/h9-10,12H,3-8,11,13,21H2,1-2H3,(H,25,26). The van der Waals surface area contributed by atoms with Crippen molar-refractivity contribution in [3.05, 3.63) is 33.9 Å². The van der Waals surface area contributed by atoms with Gasteiger partial charge in [0.05, 0.1) is 6.61 Å². The first kappa shape index (κ1) is 25.8. The van der Waals surface area contributed by atoms with E-state index in [0.717, 1.165) is 6.42 Å². The molecular formula is C20H28N2O9. The third-order valence-electron chi connectivity index (χ3n) is 4.22. The summed E-state index contributed by atoms with van der Waals surface area (Å²) in [6.07, 6.45) is 2.12. The highest BCUT2D eigenvalue weighted by atomic mass is 16.9. The highest BCUT2D eigenvalue weighted by Gasteiger charge is 2.28. The van der Waals surface area contributed by atoms with Crippen LogP contribution in [0.4, 0.5) is 0 Å². The Hall–Kier alpha value is -3.21. The monoisotopic (exact) mass is 440 g/mol. The molecule has 1 aromatic rings. The fraction of sp³-hybridized carbons (Fsp3) is 0.550. The maximum absolute atomic E-state index is 12.2. The number of unbranched alkanes of at least 4 members (excludes halogenated alkanes) is 2. The van der Waals surface area contributed by atoms with Crippen LogP contribution in [0, 0.1) is 10.1 Å². The minimum Gasteiger partial charge on any atom is -0.480 e. The lowest BCUT2D eigenvalue weighted by atomic mass is 9.94. The fourth-order valence-electron chi connectivity index (χ4n) is 2.51. The summed E-state index contributed by atoms with van der Waals surface area (Å²) >= 11 is 0. The van der Waals surface area contributed by atoms with Gasteiger partial charge in [-0.05, 0) is 43.9 Å². The minimum atomic E-state index is -1.54. The molecule has 0 saturated heterocycles. The van der Waals surface area contributed by atoms with Crippen LogP contribution in [0.2, 0.25) is 0 Å². The lowest BCUT2D eigenvalue weighted by Crippen LogP contribution is -2.46. The zero-order valence-electron chi connectivity index (χ0n) is 17.6. The normalized spacial score (nSPS) is 12.5. The van der Waals surface area contributed by atoms with Crippen molar-refractivity contribution >= 4 is 17.9 Å². The van der Waals surface area contributed by atoms with Crippen molar-refractivity contribution in [1.29, 1.82) is 0 Å².